The smallest absolute Gasteiger partial charge is 0.325 e. The van der Waals surface area contributed by atoms with E-state index in [0.717, 1.165) is 0 Å². The van der Waals surface area contributed by atoms with Crippen molar-refractivity contribution in [2.75, 3.05) is 32.8 Å². The van der Waals surface area contributed by atoms with E-state index in [4.69, 9.17) is 45.9 Å². The fraction of sp³-hybridized carbons (Fsp3) is 0.614. The fourth-order valence-electron chi connectivity index (χ4n) is 6.77. The number of unbranched alkanes of at least 4 members (excludes halogenated alkanes) is 2. The molecule has 72 heavy (non-hydrogen) atoms. The Balaban J connectivity index is 3.56. The standard InChI is InChI=1S/C44H77N17O11/c1-25(42(71)72)55-36(65)29(15-9-21-53-43(49)50)57-37(66)28(14-6-8-20-46)58-40(69)32(23-26-11-3-2-4-12-26)60-38(67)30(16-10-22-54-44(51)52)59-41(70)33(24-62)61-39(68)31(17-18-34(48)63)56-35(64)27(47)13-5-7-19-45/h2-4,11-12,25,27-33,62H,5-10,13-24,45-47H2,1H3,(H2,48,63)(H,55,65)(H,56,64)(H,57,66)(H,58,69)(H,59,70)(H,60,67)(H,61,68)(H,71,72)(H4,49,50,53)(H4,51,52,54)/t25-,27-,28-,29-,30-,31-,32-,33-/m0/s1. The molecule has 0 bridgehead atoms. The first-order chi connectivity index (χ1) is 34.1. The van der Waals surface area contributed by atoms with E-state index in [0.29, 0.717) is 37.8 Å². The van der Waals surface area contributed by atoms with Crippen molar-refractivity contribution in [3.8, 4) is 0 Å². The molecule has 0 fully saturated rings. The van der Waals surface area contributed by atoms with Gasteiger partial charge < -0.3 is 93.3 Å². The second kappa shape index (κ2) is 35.0. The molecular formula is C44H77N17O11. The largest absolute Gasteiger partial charge is 0.480 e. The van der Waals surface area contributed by atoms with Gasteiger partial charge in [-0.05, 0) is 89.8 Å². The molecule has 0 aliphatic carbocycles. The van der Waals surface area contributed by atoms with Crippen molar-refractivity contribution in [2.24, 2.45) is 55.9 Å². The van der Waals surface area contributed by atoms with Gasteiger partial charge in [0.1, 0.15) is 42.3 Å². The molecule has 0 aliphatic rings. The Morgan fingerprint density at radius 2 is 0.903 bits per heavy atom. The summed E-state index contributed by atoms with van der Waals surface area (Å²) in [5.74, 6) is -8.80. The highest BCUT2D eigenvalue weighted by Gasteiger charge is 2.34. The maximum absolute atomic E-state index is 14.3. The quantitative estimate of drug-likeness (QED) is 0.0167. The first-order valence-electron chi connectivity index (χ1n) is 23.7. The number of amides is 8. The van der Waals surface area contributed by atoms with Gasteiger partial charge in [-0.2, -0.15) is 0 Å². The van der Waals surface area contributed by atoms with Crippen molar-refractivity contribution in [2.45, 2.75) is 139 Å². The number of aliphatic hydroxyl groups is 1. The van der Waals surface area contributed by atoms with Crippen LogP contribution in [0.1, 0.15) is 89.5 Å². The molecule has 0 aliphatic heterocycles. The molecule has 25 N–H and O–H groups in total. The number of aliphatic carboxylic acids is 1. The number of nitrogens with two attached hydrogens (primary N) is 8. The summed E-state index contributed by atoms with van der Waals surface area (Å²) in [6.07, 6.45) is 1.43. The Kier molecular flexibility index (Phi) is 30.6. The number of benzene rings is 1. The average Bonchev–Trinajstić information content (AvgIpc) is 3.32. The third-order valence-corrected chi connectivity index (χ3v) is 10.8. The molecule has 404 valence electrons. The minimum Gasteiger partial charge on any atom is -0.480 e. The molecule has 0 unspecified atom stereocenters. The van der Waals surface area contributed by atoms with E-state index in [9.17, 15) is 53.4 Å². The van der Waals surface area contributed by atoms with Gasteiger partial charge in [-0.25, -0.2) is 0 Å². The number of hydrogen-bond acceptors (Lipinski definition) is 15. The predicted molar refractivity (Wildman–Crippen MR) is 266 cm³/mol. The number of carbonyl (C=O) groups is 9. The third-order valence-electron chi connectivity index (χ3n) is 10.8. The highest BCUT2D eigenvalue weighted by Crippen LogP contribution is 2.10. The zero-order chi connectivity index (χ0) is 54.2. The maximum atomic E-state index is 14.3. The van der Waals surface area contributed by atoms with E-state index >= 15 is 0 Å². The van der Waals surface area contributed by atoms with Gasteiger partial charge in [0.25, 0.3) is 0 Å². The Morgan fingerprint density at radius 1 is 0.514 bits per heavy atom. The van der Waals surface area contributed by atoms with Crippen LogP contribution in [0.25, 0.3) is 0 Å². The fourth-order valence-corrected chi connectivity index (χ4v) is 6.77. The average molecular weight is 1020 g/mol. The molecule has 28 heteroatoms. The van der Waals surface area contributed by atoms with Gasteiger partial charge in [0, 0.05) is 25.9 Å². The zero-order valence-corrected chi connectivity index (χ0v) is 40.8. The lowest BCUT2D eigenvalue weighted by Gasteiger charge is -2.28. The van der Waals surface area contributed by atoms with Crippen LogP contribution in [0, 0.1) is 0 Å². The van der Waals surface area contributed by atoms with Gasteiger partial charge in [0.05, 0.1) is 12.6 Å². The highest BCUT2D eigenvalue weighted by molar-refractivity contribution is 5.98. The highest BCUT2D eigenvalue weighted by atomic mass is 16.4. The SMILES string of the molecule is C[C@H](NC(=O)[C@H](CCCN=C(N)N)NC(=O)[C@H](CCCCN)NC(=O)[C@H](Cc1ccccc1)NC(=O)[C@H](CCCN=C(N)N)NC(=O)[C@H](CO)NC(=O)[C@H](CCC(N)=O)NC(=O)[C@@H](N)CCCCN)C(=O)O. The van der Waals surface area contributed by atoms with Gasteiger partial charge in [0.15, 0.2) is 11.9 Å². The summed E-state index contributed by atoms with van der Waals surface area (Å²) in [5.41, 5.74) is 44.9. The van der Waals surface area contributed by atoms with E-state index in [1.54, 1.807) is 30.3 Å². The van der Waals surface area contributed by atoms with E-state index in [-0.39, 0.29) is 89.3 Å². The van der Waals surface area contributed by atoms with Gasteiger partial charge in [-0.3, -0.25) is 53.1 Å². The number of nitrogens with zero attached hydrogens (tertiary/aromatic N) is 2. The second-order valence-corrected chi connectivity index (χ2v) is 16.9. The van der Waals surface area contributed by atoms with Crippen molar-refractivity contribution >= 4 is 65.1 Å². The van der Waals surface area contributed by atoms with Crippen LogP contribution < -0.4 is 83.1 Å². The van der Waals surface area contributed by atoms with Crippen LogP contribution in [0.5, 0.6) is 0 Å². The summed E-state index contributed by atoms with van der Waals surface area (Å²) in [4.78, 5) is 127. The van der Waals surface area contributed by atoms with Gasteiger partial charge in [-0.15, -0.1) is 0 Å². The summed E-state index contributed by atoms with van der Waals surface area (Å²) in [6.45, 7) is 0.915. The number of carbonyl (C=O) groups excluding carboxylic acids is 8. The molecular weight excluding hydrogens is 943 g/mol. The number of guanidine groups is 2. The van der Waals surface area contributed by atoms with Gasteiger partial charge >= 0.3 is 5.97 Å². The van der Waals surface area contributed by atoms with Crippen LogP contribution in [0.4, 0.5) is 0 Å². The van der Waals surface area contributed by atoms with E-state index in [1.807, 2.05) is 0 Å². The molecule has 1 aromatic carbocycles. The van der Waals surface area contributed by atoms with Crippen LogP contribution in [-0.4, -0.2) is 156 Å². The van der Waals surface area contributed by atoms with Crippen LogP contribution in [0.15, 0.2) is 40.3 Å². The number of rotatable bonds is 37. The van der Waals surface area contributed by atoms with Crippen molar-refractivity contribution in [1.82, 2.24) is 37.2 Å². The number of nitrogens with one attached hydrogen (secondary N) is 7. The number of aliphatic imine (C=N–C) groups is 2. The van der Waals surface area contributed by atoms with Gasteiger partial charge in [0.2, 0.25) is 47.3 Å². The van der Waals surface area contributed by atoms with Crippen molar-refractivity contribution in [1.29, 1.82) is 0 Å². The number of hydrogen-bond donors (Lipinski definition) is 17. The number of carboxylic acid groups (broad SMARTS) is 1. The number of primary amides is 1. The Labute approximate surface area is 418 Å². The third kappa shape index (κ3) is 26.2. The van der Waals surface area contributed by atoms with Crippen LogP contribution in [0.3, 0.4) is 0 Å². The Bertz CT molecular complexity index is 1970. The summed E-state index contributed by atoms with van der Waals surface area (Å²) in [6, 6.07) is -2.57. The summed E-state index contributed by atoms with van der Waals surface area (Å²) in [7, 11) is 0. The monoisotopic (exact) mass is 1020 g/mol. The molecule has 0 spiro atoms. The molecule has 1 rings (SSSR count). The molecule has 0 heterocycles. The van der Waals surface area contributed by atoms with Crippen LogP contribution in [-0.2, 0) is 49.6 Å². The minimum absolute atomic E-state index is 0.00616. The first-order valence-corrected chi connectivity index (χ1v) is 23.7. The summed E-state index contributed by atoms with van der Waals surface area (Å²) in [5, 5.41) is 37.2. The lowest BCUT2D eigenvalue weighted by Crippen LogP contribution is -2.61. The summed E-state index contributed by atoms with van der Waals surface area (Å²) < 4.78 is 0. The molecule has 28 nitrogen and oxygen atoms in total. The van der Waals surface area contributed by atoms with E-state index in [1.165, 1.54) is 6.92 Å². The summed E-state index contributed by atoms with van der Waals surface area (Å²) >= 11 is 0. The topological polar surface area (TPSA) is 511 Å². The van der Waals surface area contributed by atoms with Crippen molar-refractivity contribution in [3.63, 3.8) is 0 Å². The minimum atomic E-state index is -1.72. The molecule has 0 saturated heterocycles. The van der Waals surface area contributed by atoms with Crippen LogP contribution >= 0.6 is 0 Å². The lowest BCUT2D eigenvalue weighted by molar-refractivity contribution is -0.142. The maximum Gasteiger partial charge on any atom is 0.325 e. The molecule has 1 aromatic rings. The lowest BCUT2D eigenvalue weighted by atomic mass is 10.0. The molecule has 0 radical (unpaired) electrons. The molecule has 8 atom stereocenters. The number of aliphatic hydroxyl groups excluding tert-OH is 1. The predicted octanol–water partition coefficient (Wildman–Crippen LogP) is -6.32. The first kappa shape index (κ1) is 62.8. The number of carboxylic acids is 1. The van der Waals surface area contributed by atoms with Crippen molar-refractivity contribution in [3.05, 3.63) is 35.9 Å². The van der Waals surface area contributed by atoms with Crippen molar-refractivity contribution < 1.29 is 53.4 Å². The molecule has 0 aromatic heterocycles. The molecule has 8 amide bonds. The Hall–Kier alpha value is -7.17. The van der Waals surface area contributed by atoms with Gasteiger partial charge in [-0.1, -0.05) is 36.8 Å². The zero-order valence-electron chi connectivity index (χ0n) is 40.8. The Morgan fingerprint density at radius 3 is 1.35 bits per heavy atom. The van der Waals surface area contributed by atoms with Crippen LogP contribution in [0.2, 0.25) is 0 Å². The second-order valence-electron chi connectivity index (χ2n) is 16.9. The normalized spacial score (nSPS) is 14.2. The molecule has 0 saturated carbocycles. The van der Waals surface area contributed by atoms with E-state index in [2.05, 4.69) is 47.2 Å². The van der Waals surface area contributed by atoms with E-state index < -0.39 is 108 Å².